The van der Waals surface area contributed by atoms with E-state index in [2.05, 4.69) is 27.4 Å². The average molecular weight is 327 g/mol. The Kier molecular flexibility index (Phi) is 4.45. The molecular weight excluding hydrogens is 311 g/mol. The predicted octanol–water partition coefficient (Wildman–Crippen LogP) is 2.54. The molecule has 1 aromatic heterocycles. The Bertz CT molecular complexity index is 631. The molecule has 21 heavy (non-hydrogen) atoms. The van der Waals surface area contributed by atoms with E-state index >= 15 is 0 Å². The Balaban J connectivity index is 1.77. The number of nitrogens with one attached hydrogen (secondary N) is 1. The maximum absolute atomic E-state index is 6.16. The van der Waals surface area contributed by atoms with Gasteiger partial charge in [-0.2, -0.15) is 4.98 Å². The molecule has 2 heterocycles. The van der Waals surface area contributed by atoms with E-state index in [-0.39, 0.29) is 6.04 Å². The molecule has 112 valence electrons. The van der Waals surface area contributed by atoms with E-state index in [0.717, 1.165) is 25.2 Å². The van der Waals surface area contributed by atoms with Crippen LogP contribution in [0.2, 0.25) is 10.0 Å². The van der Waals surface area contributed by atoms with Gasteiger partial charge in [-0.25, -0.2) is 0 Å². The van der Waals surface area contributed by atoms with Crippen LogP contribution in [0.15, 0.2) is 22.7 Å². The zero-order chi connectivity index (χ0) is 14.8. The zero-order valence-corrected chi connectivity index (χ0v) is 13.2. The third-order valence-corrected chi connectivity index (χ3v) is 4.25. The lowest BCUT2D eigenvalue weighted by molar-refractivity contribution is 0.190. The third kappa shape index (κ3) is 3.37. The molecule has 0 aliphatic carbocycles. The van der Waals surface area contributed by atoms with E-state index in [4.69, 9.17) is 27.7 Å². The molecule has 1 N–H and O–H groups in total. The van der Waals surface area contributed by atoms with Crippen LogP contribution in [-0.4, -0.2) is 41.7 Å². The van der Waals surface area contributed by atoms with Crippen LogP contribution in [0.4, 0.5) is 0 Å². The van der Waals surface area contributed by atoms with Crippen molar-refractivity contribution in [1.29, 1.82) is 0 Å². The quantitative estimate of drug-likeness (QED) is 0.939. The molecule has 1 aliphatic heterocycles. The molecule has 1 aromatic carbocycles. The van der Waals surface area contributed by atoms with Gasteiger partial charge in [0.15, 0.2) is 5.82 Å². The van der Waals surface area contributed by atoms with Crippen molar-refractivity contribution in [2.24, 2.45) is 0 Å². The number of piperazine rings is 1. The summed E-state index contributed by atoms with van der Waals surface area (Å²) in [5, 5.41) is 8.72. The number of likely N-dealkylation sites (N-methyl/N-ethyl adjacent to an activating group) is 1. The predicted molar refractivity (Wildman–Crippen MR) is 81.8 cm³/mol. The number of halogens is 2. The summed E-state index contributed by atoms with van der Waals surface area (Å²) in [5.74, 6) is 1.26. The van der Waals surface area contributed by atoms with Gasteiger partial charge < -0.3 is 9.84 Å². The molecule has 0 amide bonds. The summed E-state index contributed by atoms with van der Waals surface area (Å²) in [6, 6.07) is 5.50. The molecule has 0 saturated carbocycles. The highest BCUT2D eigenvalue weighted by atomic mass is 35.5. The van der Waals surface area contributed by atoms with Gasteiger partial charge in [-0.3, -0.25) is 4.90 Å². The van der Waals surface area contributed by atoms with Gasteiger partial charge in [0.2, 0.25) is 5.89 Å². The fraction of sp³-hybridized carbons (Fsp3) is 0.429. The van der Waals surface area contributed by atoms with Crippen LogP contribution >= 0.6 is 23.2 Å². The maximum atomic E-state index is 6.16. The van der Waals surface area contributed by atoms with Gasteiger partial charge in [-0.15, -0.1) is 0 Å². The summed E-state index contributed by atoms with van der Waals surface area (Å²) in [6.45, 7) is 2.78. The van der Waals surface area contributed by atoms with E-state index in [9.17, 15) is 0 Å². The van der Waals surface area contributed by atoms with E-state index in [1.807, 2.05) is 6.07 Å². The van der Waals surface area contributed by atoms with Gasteiger partial charge in [-0.1, -0.05) is 28.4 Å². The Morgan fingerprint density at radius 3 is 3.10 bits per heavy atom. The third-order valence-electron chi connectivity index (χ3n) is 3.64. The molecule has 1 saturated heterocycles. The second-order valence-electron chi connectivity index (χ2n) is 5.16. The number of rotatable bonds is 3. The average Bonchev–Trinajstić information content (AvgIpc) is 2.92. The van der Waals surface area contributed by atoms with Crippen LogP contribution in [0.25, 0.3) is 0 Å². The van der Waals surface area contributed by atoms with Crippen molar-refractivity contribution in [2.75, 3.05) is 26.7 Å². The van der Waals surface area contributed by atoms with Gasteiger partial charge in [0.05, 0.1) is 12.5 Å². The highest BCUT2D eigenvalue weighted by Crippen LogP contribution is 2.24. The number of hydrogen-bond acceptors (Lipinski definition) is 5. The molecule has 0 bridgehead atoms. The van der Waals surface area contributed by atoms with Crippen molar-refractivity contribution in [3.63, 3.8) is 0 Å². The van der Waals surface area contributed by atoms with Gasteiger partial charge in [0, 0.05) is 29.7 Å². The van der Waals surface area contributed by atoms with Gasteiger partial charge in [-0.05, 0) is 30.8 Å². The van der Waals surface area contributed by atoms with E-state index in [1.165, 1.54) is 0 Å². The molecule has 0 spiro atoms. The summed E-state index contributed by atoms with van der Waals surface area (Å²) < 4.78 is 5.35. The number of benzene rings is 1. The van der Waals surface area contributed by atoms with Crippen molar-refractivity contribution in [3.8, 4) is 0 Å². The summed E-state index contributed by atoms with van der Waals surface area (Å²) in [4.78, 5) is 6.71. The Morgan fingerprint density at radius 1 is 1.43 bits per heavy atom. The largest absolute Gasteiger partial charge is 0.339 e. The van der Waals surface area contributed by atoms with Crippen LogP contribution in [-0.2, 0) is 6.42 Å². The molecule has 7 heteroatoms. The summed E-state index contributed by atoms with van der Waals surface area (Å²) in [7, 11) is 2.06. The van der Waals surface area contributed by atoms with Crippen LogP contribution in [0, 0.1) is 0 Å². The molecule has 2 aromatic rings. The number of hydrogen-bond donors (Lipinski definition) is 1. The second kappa shape index (κ2) is 6.32. The lowest BCUT2D eigenvalue weighted by Crippen LogP contribution is -2.44. The van der Waals surface area contributed by atoms with Crippen molar-refractivity contribution >= 4 is 23.2 Å². The Morgan fingerprint density at radius 2 is 2.29 bits per heavy atom. The van der Waals surface area contributed by atoms with Crippen LogP contribution in [0.3, 0.4) is 0 Å². The second-order valence-corrected chi connectivity index (χ2v) is 6.00. The summed E-state index contributed by atoms with van der Waals surface area (Å²) in [6.07, 6.45) is 0.482. The summed E-state index contributed by atoms with van der Waals surface area (Å²) in [5.41, 5.74) is 0.884. The van der Waals surface area contributed by atoms with Crippen molar-refractivity contribution in [1.82, 2.24) is 20.4 Å². The van der Waals surface area contributed by atoms with Crippen molar-refractivity contribution in [3.05, 3.63) is 45.5 Å². The SMILES string of the molecule is CN1CCNCC1c1noc(Cc2cc(Cl)ccc2Cl)n1. The van der Waals surface area contributed by atoms with Crippen molar-refractivity contribution < 1.29 is 4.52 Å². The minimum atomic E-state index is 0.145. The Labute approximate surface area is 133 Å². The van der Waals surface area contributed by atoms with Gasteiger partial charge >= 0.3 is 0 Å². The maximum Gasteiger partial charge on any atom is 0.231 e. The zero-order valence-electron chi connectivity index (χ0n) is 11.6. The molecule has 1 aliphatic rings. The fourth-order valence-corrected chi connectivity index (χ4v) is 2.79. The first-order valence-corrected chi connectivity index (χ1v) is 7.56. The molecule has 1 unspecified atom stereocenters. The number of nitrogens with zero attached hydrogens (tertiary/aromatic N) is 3. The lowest BCUT2D eigenvalue weighted by Gasteiger charge is -2.30. The van der Waals surface area contributed by atoms with Crippen molar-refractivity contribution in [2.45, 2.75) is 12.5 Å². The van der Waals surface area contributed by atoms with Crippen LogP contribution in [0.1, 0.15) is 23.3 Å². The minimum Gasteiger partial charge on any atom is -0.339 e. The van der Waals surface area contributed by atoms with E-state index < -0.39 is 0 Å². The minimum absolute atomic E-state index is 0.145. The fourth-order valence-electron chi connectivity index (χ4n) is 2.41. The molecule has 3 rings (SSSR count). The molecule has 1 atom stereocenters. The van der Waals surface area contributed by atoms with E-state index in [1.54, 1.807) is 12.1 Å². The lowest BCUT2D eigenvalue weighted by atomic mass is 10.1. The molecule has 5 nitrogen and oxygen atoms in total. The monoisotopic (exact) mass is 326 g/mol. The first-order chi connectivity index (χ1) is 10.1. The van der Waals surface area contributed by atoms with E-state index in [0.29, 0.717) is 28.2 Å². The highest BCUT2D eigenvalue weighted by Gasteiger charge is 2.25. The van der Waals surface area contributed by atoms with Gasteiger partial charge in [0.25, 0.3) is 0 Å². The molecule has 1 fully saturated rings. The first-order valence-electron chi connectivity index (χ1n) is 6.81. The topological polar surface area (TPSA) is 54.2 Å². The first kappa shape index (κ1) is 14.8. The smallest absolute Gasteiger partial charge is 0.231 e. The Hall–Kier alpha value is -1.14. The highest BCUT2D eigenvalue weighted by molar-refractivity contribution is 6.33. The number of aromatic nitrogens is 2. The van der Waals surface area contributed by atoms with Gasteiger partial charge in [0.1, 0.15) is 0 Å². The van der Waals surface area contributed by atoms with Crippen LogP contribution < -0.4 is 5.32 Å². The standard InChI is InChI=1S/C14H16Cl2N4O/c1-20-5-4-17-8-12(20)14-18-13(21-19-14)7-9-6-10(15)2-3-11(9)16/h2-3,6,12,17H,4-5,7-8H2,1H3. The molecule has 0 radical (unpaired) electrons. The molecular formula is C14H16Cl2N4O. The summed E-state index contributed by atoms with van der Waals surface area (Å²) >= 11 is 12.1. The normalized spacial score (nSPS) is 19.9. The van der Waals surface area contributed by atoms with Crippen LogP contribution in [0.5, 0.6) is 0 Å².